The van der Waals surface area contributed by atoms with Crippen LogP contribution in [0.4, 0.5) is 0 Å². The first-order valence-electron chi connectivity index (χ1n) is 12.1. The van der Waals surface area contributed by atoms with Crippen LogP contribution in [0.1, 0.15) is 44.1 Å². The highest BCUT2D eigenvalue weighted by molar-refractivity contribution is 5.87. The number of hydrogen-bond acceptors (Lipinski definition) is 2. The van der Waals surface area contributed by atoms with Crippen molar-refractivity contribution in [2.75, 3.05) is 27.2 Å². The van der Waals surface area contributed by atoms with Gasteiger partial charge in [0, 0.05) is 33.1 Å². The molecule has 0 unspecified atom stereocenters. The summed E-state index contributed by atoms with van der Waals surface area (Å²) in [6.45, 7) is 1.33. The molecule has 5 rings (SSSR count). The Kier molecular flexibility index (Phi) is 5.35. The Labute approximate surface area is 191 Å². The van der Waals surface area contributed by atoms with Crippen LogP contribution in [0.2, 0.25) is 0 Å². The fourth-order valence-electron chi connectivity index (χ4n) is 6.23. The molecule has 4 heteroatoms. The highest BCUT2D eigenvalue weighted by atomic mass is 16.2. The summed E-state index contributed by atoms with van der Waals surface area (Å²) in [6, 6.07) is 18.8. The second kappa shape index (κ2) is 8.06. The van der Waals surface area contributed by atoms with E-state index in [0.29, 0.717) is 24.3 Å². The SMILES string of the molecule is CN(C)C(=O)[C@@]1(Cc2ccccc2-c2ccccc2)CCCN(C(=O)[C@H]2CC23CCC3)C1. The van der Waals surface area contributed by atoms with E-state index in [1.165, 1.54) is 36.0 Å². The molecular formula is C28H34N2O2. The highest BCUT2D eigenvalue weighted by Crippen LogP contribution is 2.66. The molecule has 1 spiro atoms. The molecule has 1 saturated heterocycles. The smallest absolute Gasteiger partial charge is 0.230 e. The topological polar surface area (TPSA) is 40.6 Å². The van der Waals surface area contributed by atoms with Gasteiger partial charge in [0.2, 0.25) is 11.8 Å². The molecule has 3 aliphatic rings. The summed E-state index contributed by atoms with van der Waals surface area (Å²) in [6.07, 6.45) is 7.13. The van der Waals surface area contributed by atoms with E-state index in [4.69, 9.17) is 0 Å². The Hall–Kier alpha value is -2.62. The molecule has 2 aliphatic carbocycles. The molecule has 2 aromatic rings. The molecule has 3 fully saturated rings. The molecule has 2 atom stereocenters. The normalized spacial score (nSPS) is 25.8. The summed E-state index contributed by atoms with van der Waals surface area (Å²) >= 11 is 0. The Balaban J connectivity index is 1.44. The molecule has 2 saturated carbocycles. The van der Waals surface area contributed by atoms with Gasteiger partial charge in [-0.2, -0.15) is 0 Å². The van der Waals surface area contributed by atoms with Gasteiger partial charge in [0.1, 0.15) is 0 Å². The molecular weight excluding hydrogens is 396 g/mol. The Bertz CT molecular complexity index is 1010. The zero-order chi connectivity index (χ0) is 22.3. The van der Waals surface area contributed by atoms with Gasteiger partial charge in [-0.25, -0.2) is 0 Å². The van der Waals surface area contributed by atoms with Gasteiger partial charge in [-0.05, 0) is 60.6 Å². The molecule has 168 valence electrons. The maximum atomic E-state index is 13.6. The second-order valence-electron chi connectivity index (χ2n) is 10.5. The van der Waals surface area contributed by atoms with E-state index >= 15 is 0 Å². The molecule has 0 bridgehead atoms. The summed E-state index contributed by atoms with van der Waals surface area (Å²) in [4.78, 5) is 30.8. The van der Waals surface area contributed by atoms with Gasteiger partial charge in [-0.1, -0.05) is 61.0 Å². The summed E-state index contributed by atoms with van der Waals surface area (Å²) in [5, 5.41) is 0. The first-order valence-corrected chi connectivity index (χ1v) is 12.1. The molecule has 1 heterocycles. The van der Waals surface area contributed by atoms with Crippen LogP contribution in [0.3, 0.4) is 0 Å². The Morgan fingerprint density at radius 3 is 2.34 bits per heavy atom. The Morgan fingerprint density at radius 1 is 0.969 bits per heavy atom. The van der Waals surface area contributed by atoms with Crippen LogP contribution >= 0.6 is 0 Å². The summed E-state index contributed by atoms with van der Waals surface area (Å²) in [7, 11) is 3.69. The number of nitrogens with zero attached hydrogens (tertiary/aromatic N) is 2. The van der Waals surface area contributed by atoms with Crippen molar-refractivity contribution in [1.29, 1.82) is 0 Å². The number of piperidine rings is 1. The lowest BCUT2D eigenvalue weighted by atomic mass is 9.72. The van der Waals surface area contributed by atoms with Crippen molar-refractivity contribution in [2.24, 2.45) is 16.7 Å². The lowest BCUT2D eigenvalue weighted by molar-refractivity contribution is -0.148. The van der Waals surface area contributed by atoms with E-state index in [1.807, 2.05) is 25.1 Å². The van der Waals surface area contributed by atoms with Gasteiger partial charge in [-0.15, -0.1) is 0 Å². The summed E-state index contributed by atoms with van der Waals surface area (Å²) in [5.74, 6) is 0.654. The number of rotatable bonds is 5. The monoisotopic (exact) mass is 430 g/mol. The van der Waals surface area contributed by atoms with E-state index in [-0.39, 0.29) is 11.8 Å². The minimum absolute atomic E-state index is 0.145. The molecule has 0 aromatic heterocycles. The predicted octanol–water partition coefficient (Wildman–Crippen LogP) is 4.78. The molecule has 2 amide bonds. The number of hydrogen-bond donors (Lipinski definition) is 0. The fraction of sp³-hybridized carbons (Fsp3) is 0.500. The van der Waals surface area contributed by atoms with Gasteiger partial charge >= 0.3 is 0 Å². The van der Waals surface area contributed by atoms with E-state index < -0.39 is 5.41 Å². The highest BCUT2D eigenvalue weighted by Gasteiger charge is 2.62. The first kappa shape index (κ1) is 21.2. The average molecular weight is 431 g/mol. The van der Waals surface area contributed by atoms with Crippen LogP contribution in [-0.4, -0.2) is 48.8 Å². The largest absolute Gasteiger partial charge is 0.348 e. The average Bonchev–Trinajstić information content (AvgIpc) is 3.56. The van der Waals surface area contributed by atoms with Crippen LogP contribution in [0, 0.1) is 16.7 Å². The van der Waals surface area contributed by atoms with Crippen molar-refractivity contribution < 1.29 is 9.59 Å². The molecule has 2 aromatic carbocycles. The van der Waals surface area contributed by atoms with Gasteiger partial charge in [0.15, 0.2) is 0 Å². The van der Waals surface area contributed by atoms with Crippen molar-refractivity contribution in [3.63, 3.8) is 0 Å². The zero-order valence-electron chi connectivity index (χ0n) is 19.3. The van der Waals surface area contributed by atoms with Crippen molar-refractivity contribution >= 4 is 11.8 Å². The van der Waals surface area contributed by atoms with Gasteiger partial charge < -0.3 is 9.80 Å². The van der Waals surface area contributed by atoms with E-state index in [1.54, 1.807) is 4.90 Å². The van der Waals surface area contributed by atoms with Crippen LogP contribution in [0.15, 0.2) is 54.6 Å². The third-order valence-electron chi connectivity index (χ3n) is 8.22. The lowest BCUT2D eigenvalue weighted by Gasteiger charge is -2.44. The van der Waals surface area contributed by atoms with E-state index in [2.05, 4.69) is 48.5 Å². The number of benzene rings is 2. The minimum Gasteiger partial charge on any atom is -0.348 e. The number of amides is 2. The fourth-order valence-corrected chi connectivity index (χ4v) is 6.23. The van der Waals surface area contributed by atoms with Crippen molar-refractivity contribution in [1.82, 2.24) is 9.80 Å². The maximum absolute atomic E-state index is 13.6. The third-order valence-corrected chi connectivity index (χ3v) is 8.22. The summed E-state index contributed by atoms with van der Waals surface area (Å²) < 4.78 is 0. The third kappa shape index (κ3) is 3.64. The molecule has 0 radical (unpaired) electrons. The predicted molar refractivity (Wildman–Crippen MR) is 127 cm³/mol. The van der Waals surface area contributed by atoms with Crippen molar-refractivity contribution in [3.8, 4) is 11.1 Å². The van der Waals surface area contributed by atoms with Gasteiger partial charge in [-0.3, -0.25) is 9.59 Å². The molecule has 32 heavy (non-hydrogen) atoms. The standard InChI is InChI=1S/C28H34N2O2/c1-29(2)26(32)28(18-22-12-6-7-13-23(22)21-10-4-3-5-11-21)16-9-17-30(20-28)25(31)24-19-27(24)14-8-15-27/h3-7,10-13,24H,8-9,14-20H2,1-2H3/t24-,28-/m1/s1. The van der Waals surface area contributed by atoms with Crippen LogP contribution in [0.25, 0.3) is 11.1 Å². The lowest BCUT2D eigenvalue weighted by Crippen LogP contribution is -2.54. The molecule has 4 nitrogen and oxygen atoms in total. The number of carbonyl (C=O) groups is 2. The molecule has 1 aliphatic heterocycles. The van der Waals surface area contributed by atoms with Gasteiger partial charge in [0.25, 0.3) is 0 Å². The van der Waals surface area contributed by atoms with E-state index in [0.717, 1.165) is 25.8 Å². The van der Waals surface area contributed by atoms with Gasteiger partial charge in [0.05, 0.1) is 5.41 Å². The quantitative estimate of drug-likeness (QED) is 0.685. The number of likely N-dealkylation sites (tertiary alicyclic amines) is 1. The Morgan fingerprint density at radius 2 is 1.69 bits per heavy atom. The second-order valence-corrected chi connectivity index (χ2v) is 10.5. The van der Waals surface area contributed by atoms with Crippen LogP contribution < -0.4 is 0 Å². The minimum atomic E-state index is -0.566. The van der Waals surface area contributed by atoms with Crippen LogP contribution in [0.5, 0.6) is 0 Å². The first-order chi connectivity index (χ1) is 15.4. The van der Waals surface area contributed by atoms with E-state index in [9.17, 15) is 9.59 Å². The van der Waals surface area contributed by atoms with Crippen molar-refractivity contribution in [3.05, 3.63) is 60.2 Å². The number of carbonyl (C=O) groups excluding carboxylic acids is 2. The van der Waals surface area contributed by atoms with Crippen molar-refractivity contribution in [2.45, 2.75) is 44.9 Å². The maximum Gasteiger partial charge on any atom is 0.230 e. The molecule has 0 N–H and O–H groups in total. The summed E-state index contributed by atoms with van der Waals surface area (Å²) in [5.41, 5.74) is 3.29. The van der Waals surface area contributed by atoms with Crippen LogP contribution in [-0.2, 0) is 16.0 Å². The zero-order valence-corrected chi connectivity index (χ0v) is 19.3.